The highest BCUT2D eigenvalue weighted by Crippen LogP contribution is 2.32. The summed E-state index contributed by atoms with van der Waals surface area (Å²) in [6.45, 7) is 1.86. The number of ether oxygens (including phenoxy) is 1. The number of carbonyl (C=O) groups excluding carboxylic acids is 3. The van der Waals surface area contributed by atoms with Gasteiger partial charge in [-0.05, 0) is 43.2 Å². The maximum Gasteiger partial charge on any atom is 0.291 e. The van der Waals surface area contributed by atoms with Crippen LogP contribution in [0.25, 0.3) is 11.0 Å². The molecule has 0 spiro atoms. The molecule has 8 nitrogen and oxygen atoms in total. The van der Waals surface area contributed by atoms with Gasteiger partial charge in [0.2, 0.25) is 11.7 Å². The van der Waals surface area contributed by atoms with Crippen molar-refractivity contribution in [1.82, 2.24) is 4.90 Å². The van der Waals surface area contributed by atoms with Gasteiger partial charge in [-0.1, -0.05) is 37.5 Å². The van der Waals surface area contributed by atoms with Crippen molar-refractivity contribution in [1.29, 1.82) is 0 Å². The van der Waals surface area contributed by atoms with Crippen molar-refractivity contribution >= 4 is 40.1 Å². The molecular formula is C27H29N3O5. The first kappa shape index (κ1) is 23.1. The lowest BCUT2D eigenvalue weighted by atomic mass is 9.88. The normalized spacial score (nSPS) is 16.7. The van der Waals surface area contributed by atoms with Gasteiger partial charge in [-0.2, -0.15) is 0 Å². The molecule has 35 heavy (non-hydrogen) atoms. The van der Waals surface area contributed by atoms with E-state index in [4.69, 9.17) is 9.15 Å². The SMILES string of the molecule is O=C(Nc1c(C(=O)N2CCOCC2)oc2ccccc12)c1cccc(NC(=O)C2CCCCC2)c1. The molecule has 0 unspecified atom stereocenters. The second-order valence-electron chi connectivity index (χ2n) is 9.07. The fraction of sp³-hybridized carbons (Fsp3) is 0.370. The van der Waals surface area contributed by atoms with E-state index >= 15 is 0 Å². The molecule has 2 aromatic carbocycles. The Balaban J connectivity index is 1.37. The van der Waals surface area contributed by atoms with Crippen molar-refractivity contribution in [2.24, 2.45) is 5.92 Å². The molecule has 8 heteroatoms. The van der Waals surface area contributed by atoms with Gasteiger partial charge in [0.25, 0.3) is 11.8 Å². The van der Waals surface area contributed by atoms with Crippen LogP contribution in [0.2, 0.25) is 0 Å². The van der Waals surface area contributed by atoms with E-state index in [1.807, 2.05) is 18.2 Å². The lowest BCUT2D eigenvalue weighted by Gasteiger charge is -2.26. The summed E-state index contributed by atoms with van der Waals surface area (Å²) in [5.41, 5.74) is 1.82. The zero-order valence-corrected chi connectivity index (χ0v) is 19.5. The molecule has 1 saturated carbocycles. The average Bonchev–Trinajstić information content (AvgIpc) is 3.27. The van der Waals surface area contributed by atoms with Gasteiger partial charge in [0.05, 0.1) is 13.2 Å². The first-order chi connectivity index (χ1) is 17.1. The predicted molar refractivity (Wildman–Crippen MR) is 133 cm³/mol. The highest BCUT2D eigenvalue weighted by Gasteiger charge is 2.28. The Morgan fingerprint density at radius 1 is 0.886 bits per heavy atom. The number of hydrogen-bond acceptors (Lipinski definition) is 5. The molecule has 1 aliphatic carbocycles. The van der Waals surface area contributed by atoms with E-state index in [0.29, 0.717) is 54.2 Å². The van der Waals surface area contributed by atoms with Gasteiger partial charge in [-0.15, -0.1) is 0 Å². The third-order valence-electron chi connectivity index (χ3n) is 6.69. The molecule has 3 amide bonds. The minimum atomic E-state index is -0.388. The van der Waals surface area contributed by atoms with Crippen LogP contribution in [0.1, 0.15) is 53.0 Å². The molecule has 1 aromatic heterocycles. The maximum absolute atomic E-state index is 13.2. The molecule has 1 aliphatic heterocycles. The number of furan rings is 1. The molecule has 2 aliphatic rings. The van der Waals surface area contributed by atoms with Crippen LogP contribution in [0.15, 0.2) is 52.9 Å². The van der Waals surface area contributed by atoms with Crippen LogP contribution >= 0.6 is 0 Å². The highest BCUT2D eigenvalue weighted by atomic mass is 16.5. The first-order valence-electron chi connectivity index (χ1n) is 12.2. The van der Waals surface area contributed by atoms with Crippen molar-refractivity contribution in [2.75, 3.05) is 36.9 Å². The number of fused-ring (bicyclic) bond motifs is 1. The highest BCUT2D eigenvalue weighted by molar-refractivity contribution is 6.14. The number of nitrogens with one attached hydrogen (secondary N) is 2. The molecule has 0 atom stereocenters. The molecule has 5 rings (SSSR count). The zero-order chi connectivity index (χ0) is 24.2. The van der Waals surface area contributed by atoms with Crippen LogP contribution in [-0.4, -0.2) is 48.9 Å². The summed E-state index contributed by atoms with van der Waals surface area (Å²) >= 11 is 0. The van der Waals surface area contributed by atoms with Crippen molar-refractivity contribution in [3.63, 3.8) is 0 Å². The Labute approximate surface area is 203 Å². The van der Waals surface area contributed by atoms with Crippen molar-refractivity contribution in [3.05, 3.63) is 59.9 Å². The number of benzene rings is 2. The Morgan fingerprint density at radius 3 is 2.46 bits per heavy atom. The molecule has 2 heterocycles. The summed E-state index contributed by atoms with van der Waals surface area (Å²) in [7, 11) is 0. The van der Waals surface area contributed by atoms with Crippen LogP contribution < -0.4 is 10.6 Å². The quantitative estimate of drug-likeness (QED) is 0.558. The Hall–Kier alpha value is -3.65. The largest absolute Gasteiger partial charge is 0.449 e. The van der Waals surface area contributed by atoms with Crippen LogP contribution in [0.4, 0.5) is 11.4 Å². The number of hydrogen-bond donors (Lipinski definition) is 2. The number of morpholine rings is 1. The molecule has 3 aromatic rings. The number of anilines is 2. The summed E-state index contributed by atoms with van der Waals surface area (Å²) in [5.74, 6) is -0.549. The average molecular weight is 476 g/mol. The van der Waals surface area contributed by atoms with Gasteiger partial charge in [-0.25, -0.2) is 0 Å². The maximum atomic E-state index is 13.2. The molecule has 182 valence electrons. The third-order valence-corrected chi connectivity index (χ3v) is 6.69. The smallest absolute Gasteiger partial charge is 0.291 e. The van der Waals surface area contributed by atoms with E-state index in [9.17, 15) is 14.4 Å². The summed E-state index contributed by atoms with van der Waals surface area (Å²) in [6, 6.07) is 14.1. The fourth-order valence-electron chi connectivity index (χ4n) is 4.76. The topological polar surface area (TPSA) is 101 Å². The second kappa shape index (κ2) is 10.3. The second-order valence-corrected chi connectivity index (χ2v) is 9.07. The molecule has 0 radical (unpaired) electrons. The van der Waals surface area contributed by atoms with E-state index in [1.165, 1.54) is 6.42 Å². The third kappa shape index (κ3) is 5.07. The van der Waals surface area contributed by atoms with E-state index in [0.717, 1.165) is 25.7 Å². The predicted octanol–water partition coefficient (Wildman–Crippen LogP) is 4.68. The number of para-hydroxylation sites is 1. The van der Waals surface area contributed by atoms with Gasteiger partial charge in [0, 0.05) is 35.6 Å². The molecule has 2 N–H and O–H groups in total. The monoisotopic (exact) mass is 475 g/mol. The van der Waals surface area contributed by atoms with E-state index < -0.39 is 0 Å². The number of carbonyl (C=O) groups is 3. The minimum Gasteiger partial charge on any atom is -0.449 e. The standard InChI is InChI=1S/C27H29N3O5/c31-25(18-7-2-1-3-8-18)28-20-10-6-9-19(17-20)26(32)29-23-21-11-4-5-12-22(21)35-24(23)27(33)30-13-15-34-16-14-30/h4-6,9-12,17-18H,1-3,7-8,13-16H2,(H,28,31)(H,29,32). The van der Waals surface area contributed by atoms with Crippen LogP contribution in [0.5, 0.6) is 0 Å². The Morgan fingerprint density at radius 2 is 1.66 bits per heavy atom. The van der Waals surface area contributed by atoms with Gasteiger partial charge in [0.15, 0.2) is 0 Å². The van der Waals surface area contributed by atoms with Crippen LogP contribution in [0, 0.1) is 5.92 Å². The Bertz CT molecular complexity index is 1240. The zero-order valence-electron chi connectivity index (χ0n) is 19.5. The molecular weight excluding hydrogens is 446 g/mol. The van der Waals surface area contributed by atoms with Crippen molar-refractivity contribution in [2.45, 2.75) is 32.1 Å². The van der Waals surface area contributed by atoms with Gasteiger partial charge < -0.3 is 24.7 Å². The lowest BCUT2D eigenvalue weighted by Crippen LogP contribution is -2.40. The molecule has 1 saturated heterocycles. The number of nitrogens with zero attached hydrogens (tertiary/aromatic N) is 1. The van der Waals surface area contributed by atoms with Crippen molar-refractivity contribution < 1.29 is 23.5 Å². The molecule has 2 fully saturated rings. The van der Waals surface area contributed by atoms with Crippen LogP contribution in [0.3, 0.4) is 0 Å². The number of rotatable bonds is 5. The number of amides is 3. The molecule has 0 bridgehead atoms. The minimum absolute atomic E-state index is 0.00137. The lowest BCUT2D eigenvalue weighted by molar-refractivity contribution is -0.120. The van der Waals surface area contributed by atoms with E-state index in [-0.39, 0.29) is 29.4 Å². The van der Waals surface area contributed by atoms with Gasteiger partial charge >= 0.3 is 0 Å². The summed E-state index contributed by atoms with van der Waals surface area (Å²) < 4.78 is 11.2. The fourth-order valence-corrected chi connectivity index (χ4v) is 4.76. The first-order valence-corrected chi connectivity index (χ1v) is 12.2. The summed E-state index contributed by atoms with van der Waals surface area (Å²) in [5, 5.41) is 6.50. The summed E-state index contributed by atoms with van der Waals surface area (Å²) in [6.07, 6.45) is 5.13. The van der Waals surface area contributed by atoms with Crippen LogP contribution in [-0.2, 0) is 9.53 Å². The Kier molecular flexibility index (Phi) is 6.81. The van der Waals surface area contributed by atoms with Gasteiger partial charge in [0.1, 0.15) is 11.3 Å². The van der Waals surface area contributed by atoms with Gasteiger partial charge in [-0.3, -0.25) is 14.4 Å². The van der Waals surface area contributed by atoms with E-state index in [2.05, 4.69) is 10.6 Å². The summed E-state index contributed by atoms with van der Waals surface area (Å²) in [4.78, 5) is 40.8. The van der Waals surface area contributed by atoms with Crippen molar-refractivity contribution in [3.8, 4) is 0 Å². The van der Waals surface area contributed by atoms with E-state index in [1.54, 1.807) is 35.2 Å².